The summed E-state index contributed by atoms with van der Waals surface area (Å²) in [6, 6.07) is 0. The van der Waals surface area contributed by atoms with E-state index in [1.54, 1.807) is 0 Å². The van der Waals surface area contributed by atoms with Gasteiger partial charge in [0.05, 0.1) is 0 Å². The summed E-state index contributed by atoms with van der Waals surface area (Å²) in [7, 11) is 0. The lowest BCUT2D eigenvalue weighted by molar-refractivity contribution is -0.0962. The highest BCUT2D eigenvalue weighted by atomic mass is 35.5. The lowest BCUT2D eigenvalue weighted by atomic mass is 9.46. The molecule has 0 aromatic heterocycles. The van der Waals surface area contributed by atoms with Crippen LogP contribution in [0.4, 0.5) is 0 Å². The predicted molar refractivity (Wildman–Crippen MR) is 48.8 cm³/mol. The normalized spacial score (nSPS) is 53.5. The fourth-order valence-electron chi connectivity index (χ4n) is 3.09. The Bertz CT molecular complexity index is 174. The first-order valence-electron chi connectivity index (χ1n) is 4.67. The Hall–Kier alpha value is 0.290. The molecule has 0 spiro atoms. The molecule has 0 amide bonds. The van der Waals surface area contributed by atoms with Crippen LogP contribution in [-0.4, -0.2) is 5.38 Å². The molecule has 0 radical (unpaired) electrons. The Morgan fingerprint density at radius 1 is 1.27 bits per heavy atom. The average molecular weight is 173 g/mol. The Morgan fingerprint density at radius 3 is 2.27 bits per heavy atom. The van der Waals surface area contributed by atoms with Crippen molar-refractivity contribution in [3.05, 3.63) is 0 Å². The third-order valence-corrected chi connectivity index (χ3v) is 4.84. The first-order chi connectivity index (χ1) is 5.03. The molecule has 0 saturated heterocycles. The van der Waals surface area contributed by atoms with E-state index in [-0.39, 0.29) is 0 Å². The summed E-state index contributed by atoms with van der Waals surface area (Å²) < 4.78 is 0. The zero-order chi connectivity index (χ0) is 8.22. The van der Waals surface area contributed by atoms with E-state index in [2.05, 4.69) is 20.8 Å². The molecule has 3 aliphatic carbocycles. The van der Waals surface area contributed by atoms with E-state index in [9.17, 15) is 0 Å². The lowest BCUT2D eigenvalue weighted by Gasteiger charge is -2.61. The number of fused-ring (bicyclic) bond motifs is 2. The van der Waals surface area contributed by atoms with Crippen molar-refractivity contribution in [1.29, 1.82) is 0 Å². The highest BCUT2D eigenvalue weighted by molar-refractivity contribution is 6.20. The summed E-state index contributed by atoms with van der Waals surface area (Å²) in [6.45, 7) is 7.13. The number of hydrogen-bond acceptors (Lipinski definition) is 0. The third-order valence-electron chi connectivity index (χ3n) is 4.26. The Kier molecular flexibility index (Phi) is 1.55. The Labute approximate surface area is 74.3 Å². The minimum Gasteiger partial charge on any atom is -0.123 e. The molecule has 0 aromatic carbocycles. The van der Waals surface area contributed by atoms with Gasteiger partial charge in [-0.3, -0.25) is 0 Å². The molecule has 3 fully saturated rings. The summed E-state index contributed by atoms with van der Waals surface area (Å²) in [6.07, 6.45) is 2.70. The smallest absolute Gasteiger partial charge is 0.0367 e. The first kappa shape index (κ1) is 7.91. The van der Waals surface area contributed by atoms with E-state index in [0.29, 0.717) is 10.8 Å². The van der Waals surface area contributed by atoms with Crippen LogP contribution in [0.3, 0.4) is 0 Å². The summed E-state index contributed by atoms with van der Waals surface area (Å²) in [5, 5.41) is 0.465. The quantitative estimate of drug-likeness (QED) is 0.492. The fourth-order valence-corrected chi connectivity index (χ4v) is 3.48. The summed E-state index contributed by atoms with van der Waals surface area (Å²) in [5.41, 5.74) is 0.602. The maximum Gasteiger partial charge on any atom is 0.0367 e. The van der Waals surface area contributed by atoms with Gasteiger partial charge in [0.2, 0.25) is 0 Å². The zero-order valence-corrected chi connectivity index (χ0v) is 8.36. The number of halogens is 1. The maximum atomic E-state index is 6.22. The molecule has 64 valence electrons. The van der Waals surface area contributed by atoms with E-state index in [4.69, 9.17) is 11.6 Å². The van der Waals surface area contributed by atoms with Crippen molar-refractivity contribution in [3.63, 3.8) is 0 Å². The second kappa shape index (κ2) is 2.16. The average Bonchev–Trinajstić information content (AvgIpc) is 1.93. The van der Waals surface area contributed by atoms with E-state index in [1.165, 1.54) is 12.8 Å². The molecule has 3 aliphatic rings. The van der Waals surface area contributed by atoms with Gasteiger partial charge >= 0.3 is 0 Å². The molecule has 11 heavy (non-hydrogen) atoms. The van der Waals surface area contributed by atoms with Crippen LogP contribution in [0.5, 0.6) is 0 Å². The van der Waals surface area contributed by atoms with Gasteiger partial charge in [0, 0.05) is 5.38 Å². The summed E-state index contributed by atoms with van der Waals surface area (Å²) >= 11 is 6.22. The van der Waals surface area contributed by atoms with Gasteiger partial charge in [0.1, 0.15) is 0 Å². The van der Waals surface area contributed by atoms with Gasteiger partial charge in [-0.2, -0.15) is 0 Å². The van der Waals surface area contributed by atoms with Crippen LogP contribution in [0.15, 0.2) is 0 Å². The van der Waals surface area contributed by atoms with E-state index >= 15 is 0 Å². The lowest BCUT2D eigenvalue weighted by Crippen LogP contribution is -2.55. The highest BCUT2D eigenvalue weighted by Gasteiger charge is 2.55. The first-order valence-corrected chi connectivity index (χ1v) is 5.11. The van der Waals surface area contributed by atoms with Crippen molar-refractivity contribution in [1.82, 2.24) is 0 Å². The molecule has 0 aliphatic heterocycles. The zero-order valence-electron chi connectivity index (χ0n) is 7.60. The second-order valence-electron chi connectivity index (χ2n) is 4.97. The molecular weight excluding hydrogens is 156 g/mol. The number of alkyl halides is 1. The summed E-state index contributed by atoms with van der Waals surface area (Å²) in [5.74, 6) is 2.58. The van der Waals surface area contributed by atoms with Gasteiger partial charge in [0.15, 0.2) is 0 Å². The van der Waals surface area contributed by atoms with Crippen LogP contribution in [0.1, 0.15) is 33.6 Å². The standard InChI is InChI=1S/C10H17Cl/c1-6-8-4-7(5-9(6)11)10(8,2)3/h6-9H,4-5H2,1-3H3/t6-,7?,8?,9-/m1/s1. The summed E-state index contributed by atoms with van der Waals surface area (Å²) in [4.78, 5) is 0. The van der Waals surface area contributed by atoms with Crippen molar-refractivity contribution in [2.75, 3.05) is 0 Å². The topological polar surface area (TPSA) is 0 Å². The number of rotatable bonds is 0. The van der Waals surface area contributed by atoms with Gasteiger partial charge in [-0.15, -0.1) is 11.6 Å². The third kappa shape index (κ3) is 0.884. The maximum absolute atomic E-state index is 6.22. The van der Waals surface area contributed by atoms with Crippen molar-refractivity contribution in [2.24, 2.45) is 23.2 Å². The predicted octanol–water partition coefficient (Wildman–Crippen LogP) is 3.30. The van der Waals surface area contributed by atoms with Crippen LogP contribution in [-0.2, 0) is 0 Å². The van der Waals surface area contributed by atoms with Crippen LogP contribution in [0.2, 0.25) is 0 Å². The van der Waals surface area contributed by atoms with Gasteiger partial charge < -0.3 is 0 Å². The highest BCUT2D eigenvalue weighted by Crippen LogP contribution is 2.62. The molecule has 0 N–H and O–H groups in total. The number of hydrogen-bond donors (Lipinski definition) is 0. The van der Waals surface area contributed by atoms with Crippen molar-refractivity contribution in [3.8, 4) is 0 Å². The molecule has 3 saturated carbocycles. The Balaban J connectivity index is 2.17. The minimum absolute atomic E-state index is 0.465. The van der Waals surface area contributed by atoms with Crippen LogP contribution < -0.4 is 0 Å². The monoisotopic (exact) mass is 172 g/mol. The van der Waals surface area contributed by atoms with Gasteiger partial charge in [-0.1, -0.05) is 20.8 Å². The second-order valence-corrected chi connectivity index (χ2v) is 5.53. The van der Waals surface area contributed by atoms with Crippen LogP contribution in [0.25, 0.3) is 0 Å². The molecule has 0 heterocycles. The van der Waals surface area contributed by atoms with Crippen molar-refractivity contribution >= 4 is 11.6 Å². The van der Waals surface area contributed by atoms with E-state index < -0.39 is 0 Å². The molecule has 2 unspecified atom stereocenters. The molecule has 4 atom stereocenters. The van der Waals surface area contributed by atoms with Crippen LogP contribution >= 0.6 is 11.6 Å². The van der Waals surface area contributed by atoms with Gasteiger partial charge in [-0.05, 0) is 36.0 Å². The fraction of sp³-hybridized carbons (Fsp3) is 1.00. The van der Waals surface area contributed by atoms with Gasteiger partial charge in [0.25, 0.3) is 0 Å². The largest absolute Gasteiger partial charge is 0.123 e. The van der Waals surface area contributed by atoms with E-state index in [0.717, 1.165) is 17.8 Å². The van der Waals surface area contributed by atoms with Crippen LogP contribution in [0, 0.1) is 23.2 Å². The molecule has 0 nitrogen and oxygen atoms in total. The van der Waals surface area contributed by atoms with Crippen molar-refractivity contribution in [2.45, 2.75) is 39.0 Å². The van der Waals surface area contributed by atoms with Crippen molar-refractivity contribution < 1.29 is 0 Å². The SMILES string of the molecule is C[C@@H]1C2CC(C[C@H]1Cl)C2(C)C. The molecule has 0 aromatic rings. The molecule has 2 bridgehead atoms. The molecule has 1 heteroatoms. The van der Waals surface area contributed by atoms with Gasteiger partial charge in [-0.25, -0.2) is 0 Å². The minimum atomic E-state index is 0.465. The van der Waals surface area contributed by atoms with E-state index in [1.807, 2.05) is 0 Å². The molecule has 3 rings (SSSR count). The molecular formula is C10H17Cl. The Morgan fingerprint density at radius 2 is 1.91 bits per heavy atom.